The second-order valence-corrected chi connectivity index (χ2v) is 6.94. The number of likely N-dealkylation sites (tertiary alicyclic amines) is 1. The number of β-amino-alcohol motifs (C(OH)–C–C–N with tert-alkyl or cyclic N) is 1. The lowest BCUT2D eigenvalue weighted by molar-refractivity contribution is 0.0549. The Kier molecular flexibility index (Phi) is 5.34. The van der Waals surface area contributed by atoms with Crippen LogP contribution in [0.25, 0.3) is 0 Å². The fourth-order valence-corrected chi connectivity index (χ4v) is 4.05. The van der Waals surface area contributed by atoms with Crippen LogP contribution in [-0.2, 0) is 0 Å². The van der Waals surface area contributed by atoms with Crippen molar-refractivity contribution < 1.29 is 14.6 Å². The number of nitrogens with zero attached hydrogens (tertiary/aromatic N) is 1. The summed E-state index contributed by atoms with van der Waals surface area (Å²) in [4.78, 5) is 13.8. The van der Waals surface area contributed by atoms with Crippen molar-refractivity contribution in [2.75, 3.05) is 19.7 Å². The van der Waals surface area contributed by atoms with Crippen LogP contribution in [-0.4, -0.2) is 47.6 Å². The minimum Gasteiger partial charge on any atom is -0.491 e. The van der Waals surface area contributed by atoms with Gasteiger partial charge in [0.2, 0.25) is 0 Å². The number of carbonyl (C=O) groups is 1. The van der Waals surface area contributed by atoms with Crippen molar-refractivity contribution in [2.24, 2.45) is 5.92 Å². The average molecular weight is 317 g/mol. The van der Waals surface area contributed by atoms with Crippen molar-refractivity contribution >= 4 is 5.78 Å². The molecule has 0 radical (unpaired) electrons. The fourth-order valence-electron chi connectivity index (χ4n) is 4.05. The van der Waals surface area contributed by atoms with E-state index in [0.717, 1.165) is 12.5 Å². The Balaban J connectivity index is 1.49. The van der Waals surface area contributed by atoms with E-state index in [-0.39, 0.29) is 12.4 Å². The standard InChI is InChI=1S/C19H27NO3/c1-14(21)16-6-4-7-18(11-16)23-13-17(22)12-20-10-9-15-5-2-3-8-19(15)20/h4,6-7,11,15,17,19,22H,2-3,5,8-10,12-13H2,1H3. The zero-order valence-corrected chi connectivity index (χ0v) is 13.9. The normalized spacial score (nSPS) is 25.8. The van der Waals surface area contributed by atoms with E-state index in [4.69, 9.17) is 4.74 Å². The maximum absolute atomic E-state index is 11.4. The molecule has 0 aromatic heterocycles. The van der Waals surface area contributed by atoms with Gasteiger partial charge in [0.25, 0.3) is 0 Å². The van der Waals surface area contributed by atoms with E-state index < -0.39 is 6.10 Å². The minimum atomic E-state index is -0.489. The summed E-state index contributed by atoms with van der Waals surface area (Å²) in [6.07, 6.45) is 6.11. The first-order valence-corrected chi connectivity index (χ1v) is 8.79. The number of aliphatic hydroxyl groups is 1. The Labute approximate surface area is 138 Å². The summed E-state index contributed by atoms with van der Waals surface area (Å²) in [5.74, 6) is 1.51. The molecule has 1 aromatic rings. The number of ether oxygens (including phenoxy) is 1. The van der Waals surface area contributed by atoms with Crippen molar-refractivity contribution in [3.8, 4) is 5.75 Å². The fraction of sp³-hybridized carbons (Fsp3) is 0.632. The van der Waals surface area contributed by atoms with Gasteiger partial charge in [0, 0.05) is 18.2 Å². The maximum atomic E-state index is 11.4. The lowest BCUT2D eigenvalue weighted by Crippen LogP contribution is -2.41. The third-order valence-electron chi connectivity index (χ3n) is 5.25. The van der Waals surface area contributed by atoms with Crippen LogP contribution in [0.1, 0.15) is 49.4 Å². The van der Waals surface area contributed by atoms with Gasteiger partial charge >= 0.3 is 0 Å². The number of rotatable bonds is 6. The Hall–Kier alpha value is -1.39. The summed E-state index contributed by atoms with van der Waals surface area (Å²) in [5.41, 5.74) is 0.640. The largest absolute Gasteiger partial charge is 0.491 e. The molecular formula is C19H27NO3. The second-order valence-electron chi connectivity index (χ2n) is 6.94. The van der Waals surface area contributed by atoms with Gasteiger partial charge in [-0.05, 0) is 50.8 Å². The summed E-state index contributed by atoms with van der Waals surface area (Å²) in [7, 11) is 0. The van der Waals surface area contributed by atoms with Crippen LogP contribution in [0, 0.1) is 5.92 Å². The molecule has 0 amide bonds. The highest BCUT2D eigenvalue weighted by molar-refractivity contribution is 5.94. The molecule has 0 bridgehead atoms. The predicted molar refractivity (Wildman–Crippen MR) is 89.9 cm³/mol. The molecule has 1 saturated carbocycles. The first-order valence-electron chi connectivity index (χ1n) is 8.79. The first-order chi connectivity index (χ1) is 11.1. The summed E-state index contributed by atoms with van der Waals surface area (Å²) in [5, 5.41) is 10.3. The Morgan fingerprint density at radius 3 is 3.00 bits per heavy atom. The molecule has 1 aliphatic carbocycles. The first kappa shape index (κ1) is 16.5. The van der Waals surface area contributed by atoms with Gasteiger partial charge in [0.15, 0.2) is 5.78 Å². The van der Waals surface area contributed by atoms with Crippen LogP contribution in [0.2, 0.25) is 0 Å². The summed E-state index contributed by atoms with van der Waals surface area (Å²) >= 11 is 0. The van der Waals surface area contributed by atoms with E-state index >= 15 is 0 Å². The van der Waals surface area contributed by atoms with Gasteiger partial charge in [0.1, 0.15) is 18.5 Å². The average Bonchev–Trinajstić information content (AvgIpc) is 2.96. The molecule has 4 nitrogen and oxygen atoms in total. The van der Waals surface area contributed by atoms with E-state index in [1.54, 1.807) is 19.1 Å². The number of fused-ring (bicyclic) bond motifs is 1. The Morgan fingerprint density at radius 1 is 1.35 bits per heavy atom. The van der Waals surface area contributed by atoms with Crippen LogP contribution in [0.4, 0.5) is 0 Å². The summed E-state index contributed by atoms with van der Waals surface area (Å²) in [6.45, 7) is 3.61. The van der Waals surface area contributed by atoms with Crippen LogP contribution in [0.5, 0.6) is 5.75 Å². The number of benzene rings is 1. The molecule has 3 unspecified atom stereocenters. The molecule has 1 saturated heterocycles. The molecule has 0 spiro atoms. The Morgan fingerprint density at radius 2 is 2.17 bits per heavy atom. The van der Waals surface area contributed by atoms with Crippen LogP contribution in [0.15, 0.2) is 24.3 Å². The van der Waals surface area contributed by atoms with E-state index in [1.165, 1.54) is 32.1 Å². The van der Waals surface area contributed by atoms with E-state index in [1.807, 2.05) is 12.1 Å². The summed E-state index contributed by atoms with van der Waals surface area (Å²) in [6, 6.07) is 7.82. The van der Waals surface area contributed by atoms with E-state index in [0.29, 0.717) is 23.9 Å². The van der Waals surface area contributed by atoms with Gasteiger partial charge in [-0.25, -0.2) is 0 Å². The van der Waals surface area contributed by atoms with Gasteiger partial charge in [-0.15, -0.1) is 0 Å². The highest BCUT2D eigenvalue weighted by Gasteiger charge is 2.36. The smallest absolute Gasteiger partial charge is 0.159 e. The molecule has 2 fully saturated rings. The van der Waals surface area contributed by atoms with Crippen LogP contribution >= 0.6 is 0 Å². The molecule has 1 aliphatic heterocycles. The molecule has 2 aliphatic rings. The third kappa shape index (κ3) is 4.12. The quantitative estimate of drug-likeness (QED) is 0.820. The van der Waals surface area contributed by atoms with Gasteiger partial charge in [-0.2, -0.15) is 0 Å². The van der Waals surface area contributed by atoms with Gasteiger partial charge in [0.05, 0.1) is 0 Å². The SMILES string of the molecule is CC(=O)c1cccc(OCC(O)CN2CCC3CCCCC32)c1. The monoisotopic (exact) mass is 317 g/mol. The van der Waals surface area contributed by atoms with Gasteiger partial charge < -0.3 is 9.84 Å². The molecule has 1 aromatic carbocycles. The molecular weight excluding hydrogens is 290 g/mol. The zero-order chi connectivity index (χ0) is 16.2. The van der Waals surface area contributed by atoms with Gasteiger partial charge in [-0.1, -0.05) is 25.0 Å². The molecule has 3 rings (SSSR count). The van der Waals surface area contributed by atoms with Crippen molar-refractivity contribution in [1.82, 2.24) is 4.90 Å². The van der Waals surface area contributed by atoms with Crippen molar-refractivity contribution in [3.05, 3.63) is 29.8 Å². The molecule has 3 atom stereocenters. The second kappa shape index (κ2) is 7.45. The Bertz CT molecular complexity index is 545. The number of Topliss-reactive ketones (excluding diaryl/α,β-unsaturated/α-hetero) is 1. The number of ketones is 1. The lowest BCUT2D eigenvalue weighted by Gasteiger charge is -2.32. The molecule has 126 valence electrons. The maximum Gasteiger partial charge on any atom is 0.159 e. The highest BCUT2D eigenvalue weighted by Crippen LogP contribution is 2.36. The number of hydrogen-bond acceptors (Lipinski definition) is 4. The van der Waals surface area contributed by atoms with Crippen molar-refractivity contribution in [3.63, 3.8) is 0 Å². The summed E-state index contributed by atoms with van der Waals surface area (Å²) < 4.78 is 5.68. The minimum absolute atomic E-state index is 0.0244. The van der Waals surface area contributed by atoms with Gasteiger partial charge in [-0.3, -0.25) is 9.69 Å². The van der Waals surface area contributed by atoms with E-state index in [9.17, 15) is 9.90 Å². The topological polar surface area (TPSA) is 49.8 Å². The molecule has 23 heavy (non-hydrogen) atoms. The lowest BCUT2D eigenvalue weighted by atomic mass is 9.85. The van der Waals surface area contributed by atoms with E-state index in [2.05, 4.69) is 4.90 Å². The number of carbonyl (C=O) groups excluding carboxylic acids is 1. The third-order valence-corrected chi connectivity index (χ3v) is 5.25. The zero-order valence-electron chi connectivity index (χ0n) is 13.9. The number of aliphatic hydroxyl groups excluding tert-OH is 1. The van der Waals surface area contributed by atoms with Crippen molar-refractivity contribution in [1.29, 1.82) is 0 Å². The van der Waals surface area contributed by atoms with Crippen molar-refractivity contribution in [2.45, 2.75) is 51.2 Å². The predicted octanol–water partition coefficient (Wildman–Crippen LogP) is 2.89. The molecule has 1 heterocycles. The molecule has 4 heteroatoms. The number of hydrogen-bond donors (Lipinski definition) is 1. The molecule has 1 N–H and O–H groups in total. The van der Waals surface area contributed by atoms with Crippen LogP contribution < -0.4 is 4.74 Å². The van der Waals surface area contributed by atoms with Crippen LogP contribution in [0.3, 0.4) is 0 Å². The highest BCUT2D eigenvalue weighted by atomic mass is 16.5.